The van der Waals surface area contributed by atoms with Crippen LogP contribution in [0.5, 0.6) is 5.75 Å². The summed E-state index contributed by atoms with van der Waals surface area (Å²) in [6, 6.07) is 12.5. The number of hydrogen-bond acceptors (Lipinski definition) is 5. The lowest BCUT2D eigenvalue weighted by molar-refractivity contribution is -0.143. The van der Waals surface area contributed by atoms with Gasteiger partial charge in [0, 0.05) is 24.4 Å². The highest BCUT2D eigenvalue weighted by molar-refractivity contribution is 6.31. The molecular weight excluding hydrogens is 456 g/mol. The molecule has 1 aliphatic carbocycles. The van der Waals surface area contributed by atoms with Gasteiger partial charge < -0.3 is 9.64 Å². The van der Waals surface area contributed by atoms with Gasteiger partial charge in [-0.15, -0.1) is 0 Å². The molecule has 34 heavy (non-hydrogen) atoms. The molecule has 0 spiro atoms. The van der Waals surface area contributed by atoms with Crippen molar-refractivity contribution >= 4 is 41.0 Å². The van der Waals surface area contributed by atoms with E-state index in [-0.39, 0.29) is 30.7 Å². The molecule has 0 bridgehead atoms. The predicted octanol–water partition coefficient (Wildman–Crippen LogP) is 4.51. The Labute approximate surface area is 203 Å². The van der Waals surface area contributed by atoms with Crippen LogP contribution in [0.1, 0.15) is 51.0 Å². The molecule has 1 atom stereocenters. The highest BCUT2D eigenvalue weighted by atomic mass is 35.5. The zero-order valence-corrected chi connectivity index (χ0v) is 19.8. The van der Waals surface area contributed by atoms with Gasteiger partial charge >= 0.3 is 5.97 Å². The second kappa shape index (κ2) is 10.4. The van der Waals surface area contributed by atoms with Crippen molar-refractivity contribution in [3.05, 3.63) is 59.1 Å². The number of carbonyl (C=O) groups excluding carboxylic acids is 4. The highest BCUT2D eigenvalue weighted by Gasteiger charge is 2.45. The van der Waals surface area contributed by atoms with Crippen LogP contribution in [0.25, 0.3) is 0 Å². The van der Waals surface area contributed by atoms with Crippen molar-refractivity contribution in [1.82, 2.24) is 4.90 Å². The largest absolute Gasteiger partial charge is 0.427 e. The lowest BCUT2D eigenvalue weighted by Crippen LogP contribution is -2.47. The topological polar surface area (TPSA) is 84.0 Å². The molecular formula is C26H27ClN2O5. The SMILES string of the molecule is CC(=O)Oc1ccc(N2C(=O)CC(N(Cc3ccccc3Cl)C(=O)C3CCCCC3)C2=O)cc1. The number of hydrogen-bond donors (Lipinski definition) is 0. The maximum Gasteiger partial charge on any atom is 0.308 e. The number of rotatable bonds is 6. The van der Waals surface area contributed by atoms with Gasteiger partial charge in [-0.05, 0) is 48.7 Å². The third kappa shape index (κ3) is 5.14. The first kappa shape index (κ1) is 24.0. The van der Waals surface area contributed by atoms with Crippen LogP contribution in [0.4, 0.5) is 5.69 Å². The molecule has 2 aliphatic rings. The second-order valence-electron chi connectivity index (χ2n) is 8.77. The number of nitrogens with zero attached hydrogens (tertiary/aromatic N) is 2. The molecule has 0 N–H and O–H groups in total. The first-order valence-electron chi connectivity index (χ1n) is 11.5. The Morgan fingerprint density at radius 3 is 2.35 bits per heavy atom. The van der Waals surface area contributed by atoms with Crippen molar-refractivity contribution in [2.75, 3.05) is 4.90 Å². The van der Waals surface area contributed by atoms with E-state index < -0.39 is 17.9 Å². The Bertz CT molecular complexity index is 1090. The molecule has 178 valence electrons. The van der Waals surface area contributed by atoms with Gasteiger partial charge in [0.2, 0.25) is 11.8 Å². The minimum absolute atomic E-state index is 0.0898. The Kier molecular flexibility index (Phi) is 7.32. The minimum Gasteiger partial charge on any atom is -0.427 e. The predicted molar refractivity (Wildman–Crippen MR) is 127 cm³/mol. The Balaban J connectivity index is 1.61. The molecule has 1 saturated carbocycles. The molecule has 1 aliphatic heterocycles. The number of benzene rings is 2. The highest BCUT2D eigenvalue weighted by Crippen LogP contribution is 2.32. The molecule has 2 fully saturated rings. The average molecular weight is 483 g/mol. The van der Waals surface area contributed by atoms with E-state index in [1.165, 1.54) is 19.1 Å². The van der Waals surface area contributed by atoms with Crippen LogP contribution in [0.15, 0.2) is 48.5 Å². The monoisotopic (exact) mass is 482 g/mol. The maximum atomic E-state index is 13.6. The van der Waals surface area contributed by atoms with E-state index in [1.807, 2.05) is 18.2 Å². The number of imide groups is 1. The van der Waals surface area contributed by atoms with Crippen LogP contribution >= 0.6 is 11.6 Å². The van der Waals surface area contributed by atoms with Crippen molar-refractivity contribution < 1.29 is 23.9 Å². The molecule has 8 heteroatoms. The van der Waals surface area contributed by atoms with Crippen LogP contribution in [0, 0.1) is 5.92 Å². The summed E-state index contributed by atoms with van der Waals surface area (Å²) in [5.41, 5.74) is 1.11. The molecule has 2 aromatic rings. The first-order chi connectivity index (χ1) is 16.3. The van der Waals surface area contributed by atoms with Crippen LogP contribution in [0.3, 0.4) is 0 Å². The third-order valence-electron chi connectivity index (χ3n) is 6.39. The summed E-state index contributed by atoms with van der Waals surface area (Å²) in [7, 11) is 0. The third-order valence-corrected chi connectivity index (χ3v) is 6.76. The summed E-state index contributed by atoms with van der Waals surface area (Å²) < 4.78 is 5.03. The molecule has 7 nitrogen and oxygen atoms in total. The van der Waals surface area contributed by atoms with Gasteiger partial charge in [-0.25, -0.2) is 4.90 Å². The Morgan fingerprint density at radius 1 is 1.03 bits per heavy atom. The fourth-order valence-electron chi connectivity index (χ4n) is 4.70. The van der Waals surface area contributed by atoms with Gasteiger partial charge in [0.25, 0.3) is 5.91 Å². The molecule has 1 heterocycles. The Hall–Kier alpha value is -3.19. The van der Waals surface area contributed by atoms with Crippen LogP contribution < -0.4 is 9.64 Å². The summed E-state index contributed by atoms with van der Waals surface area (Å²) in [6.07, 6.45) is 4.55. The molecule has 0 aromatic heterocycles. The molecule has 0 radical (unpaired) electrons. The number of esters is 1. The van der Waals surface area contributed by atoms with Gasteiger partial charge in [0.05, 0.1) is 12.1 Å². The van der Waals surface area contributed by atoms with E-state index >= 15 is 0 Å². The van der Waals surface area contributed by atoms with E-state index in [4.69, 9.17) is 16.3 Å². The van der Waals surface area contributed by atoms with E-state index in [2.05, 4.69) is 0 Å². The van der Waals surface area contributed by atoms with Crippen molar-refractivity contribution in [3.8, 4) is 5.75 Å². The fraction of sp³-hybridized carbons (Fsp3) is 0.385. The van der Waals surface area contributed by atoms with Gasteiger partial charge in [-0.2, -0.15) is 0 Å². The van der Waals surface area contributed by atoms with E-state index in [1.54, 1.807) is 23.1 Å². The quantitative estimate of drug-likeness (QED) is 0.343. The van der Waals surface area contributed by atoms with Crippen molar-refractivity contribution in [3.63, 3.8) is 0 Å². The zero-order chi connectivity index (χ0) is 24.2. The lowest BCUT2D eigenvalue weighted by Gasteiger charge is -2.33. The van der Waals surface area contributed by atoms with E-state index in [0.29, 0.717) is 16.5 Å². The molecule has 1 unspecified atom stereocenters. The van der Waals surface area contributed by atoms with Crippen molar-refractivity contribution in [2.45, 2.75) is 58.0 Å². The van der Waals surface area contributed by atoms with E-state index in [9.17, 15) is 19.2 Å². The first-order valence-corrected chi connectivity index (χ1v) is 11.9. The molecule has 1 saturated heterocycles. The van der Waals surface area contributed by atoms with Crippen LogP contribution in [-0.2, 0) is 25.7 Å². The maximum absolute atomic E-state index is 13.6. The van der Waals surface area contributed by atoms with Gasteiger partial charge in [0.15, 0.2) is 0 Å². The molecule has 3 amide bonds. The van der Waals surface area contributed by atoms with Crippen molar-refractivity contribution in [1.29, 1.82) is 0 Å². The van der Waals surface area contributed by atoms with Crippen molar-refractivity contribution in [2.24, 2.45) is 5.92 Å². The lowest BCUT2D eigenvalue weighted by atomic mass is 9.87. The van der Waals surface area contributed by atoms with Crippen LogP contribution in [0.2, 0.25) is 5.02 Å². The summed E-state index contributed by atoms with van der Waals surface area (Å²) >= 11 is 6.37. The number of ether oxygens (including phenoxy) is 1. The van der Waals surface area contributed by atoms with Gasteiger partial charge in [-0.3, -0.25) is 19.2 Å². The Morgan fingerprint density at radius 2 is 1.71 bits per heavy atom. The van der Waals surface area contributed by atoms with Gasteiger partial charge in [-0.1, -0.05) is 49.1 Å². The number of halogens is 1. The number of amides is 3. The number of anilines is 1. The molecule has 4 rings (SSSR count). The van der Waals surface area contributed by atoms with E-state index in [0.717, 1.165) is 42.6 Å². The smallest absolute Gasteiger partial charge is 0.308 e. The summed E-state index contributed by atoms with van der Waals surface area (Å²) in [4.78, 5) is 53.8. The fourth-order valence-corrected chi connectivity index (χ4v) is 4.89. The second-order valence-corrected chi connectivity index (χ2v) is 9.17. The zero-order valence-electron chi connectivity index (χ0n) is 19.0. The summed E-state index contributed by atoms with van der Waals surface area (Å²) in [5, 5.41) is 0.513. The minimum atomic E-state index is -0.897. The number of carbonyl (C=O) groups is 4. The van der Waals surface area contributed by atoms with Crippen LogP contribution in [-0.4, -0.2) is 34.6 Å². The standard InChI is InChI=1S/C26H27ClN2O5/c1-17(30)34-21-13-11-20(12-14-21)29-24(31)15-23(26(29)33)28(16-19-9-5-6-10-22(19)27)25(32)18-7-3-2-4-8-18/h5-6,9-14,18,23H,2-4,7-8,15-16H2,1H3. The normalized spacial score (nSPS) is 18.8. The average Bonchev–Trinajstić information content (AvgIpc) is 3.12. The summed E-state index contributed by atoms with van der Waals surface area (Å²) in [5.74, 6) is -1.22. The summed E-state index contributed by atoms with van der Waals surface area (Å²) in [6.45, 7) is 1.46. The van der Waals surface area contributed by atoms with Gasteiger partial charge in [0.1, 0.15) is 11.8 Å². The molecule has 2 aromatic carbocycles.